The second-order valence-electron chi connectivity index (χ2n) is 7.28. The summed E-state index contributed by atoms with van der Waals surface area (Å²) in [5.74, 6) is 1.69. The van der Waals surface area contributed by atoms with E-state index >= 15 is 0 Å². The summed E-state index contributed by atoms with van der Waals surface area (Å²) < 4.78 is 31.6. The van der Waals surface area contributed by atoms with Gasteiger partial charge in [-0.1, -0.05) is 18.2 Å². The fourth-order valence-corrected chi connectivity index (χ4v) is 4.12. The lowest BCUT2D eigenvalue weighted by atomic mass is 10.1. The summed E-state index contributed by atoms with van der Waals surface area (Å²) in [5, 5.41) is 3.27. The van der Waals surface area contributed by atoms with E-state index in [0.717, 1.165) is 37.6 Å². The first kappa shape index (κ1) is 24.0. The summed E-state index contributed by atoms with van der Waals surface area (Å²) in [6.45, 7) is 5.82. The van der Waals surface area contributed by atoms with Gasteiger partial charge in [-0.2, -0.15) is 0 Å². The molecule has 1 fully saturated rings. The van der Waals surface area contributed by atoms with Gasteiger partial charge in [-0.05, 0) is 26.0 Å². The molecule has 0 radical (unpaired) electrons. The highest BCUT2D eigenvalue weighted by Gasteiger charge is 2.26. The van der Waals surface area contributed by atoms with Crippen LogP contribution in [0.25, 0.3) is 0 Å². The van der Waals surface area contributed by atoms with Gasteiger partial charge in [0.05, 0.1) is 6.26 Å². The predicted octanol–water partition coefficient (Wildman–Crippen LogP) is 2.05. The molecule has 27 heavy (non-hydrogen) atoms. The number of benzene rings is 1. The molecule has 2 N–H and O–H groups in total. The fraction of sp³-hybridized carbons (Fsp3) is 0.611. The van der Waals surface area contributed by atoms with Gasteiger partial charge < -0.3 is 15.0 Å². The molecule has 0 atom stereocenters. The lowest BCUT2D eigenvalue weighted by molar-refractivity contribution is 0.129. The monoisotopic (exact) mass is 510 g/mol. The number of ether oxygens (including phenoxy) is 1. The Labute approximate surface area is 180 Å². The molecule has 1 aliphatic heterocycles. The van der Waals surface area contributed by atoms with Crippen molar-refractivity contribution < 1.29 is 13.2 Å². The third-order valence-electron chi connectivity index (χ3n) is 4.15. The van der Waals surface area contributed by atoms with Gasteiger partial charge in [-0.25, -0.2) is 13.1 Å². The van der Waals surface area contributed by atoms with Crippen molar-refractivity contribution in [1.82, 2.24) is 14.9 Å². The highest BCUT2D eigenvalue weighted by Crippen LogP contribution is 2.18. The van der Waals surface area contributed by atoms with Crippen LogP contribution in [0.1, 0.15) is 26.7 Å². The minimum absolute atomic E-state index is 0. The molecule has 1 aromatic carbocycles. The third kappa shape index (κ3) is 8.65. The zero-order valence-corrected chi connectivity index (χ0v) is 19.6. The number of piperidine rings is 1. The van der Waals surface area contributed by atoms with E-state index in [9.17, 15) is 8.42 Å². The van der Waals surface area contributed by atoms with Gasteiger partial charge in [0.2, 0.25) is 10.0 Å². The van der Waals surface area contributed by atoms with Gasteiger partial charge in [0, 0.05) is 45.1 Å². The molecule has 7 nitrogen and oxygen atoms in total. The van der Waals surface area contributed by atoms with Crippen LogP contribution in [0.2, 0.25) is 0 Å². The minimum atomic E-state index is -3.26. The van der Waals surface area contributed by atoms with Gasteiger partial charge in [0.15, 0.2) is 5.96 Å². The van der Waals surface area contributed by atoms with Crippen molar-refractivity contribution in [1.29, 1.82) is 0 Å². The number of hydrogen-bond donors (Lipinski definition) is 2. The van der Waals surface area contributed by atoms with Crippen molar-refractivity contribution >= 4 is 40.0 Å². The van der Waals surface area contributed by atoms with Crippen LogP contribution in [0.15, 0.2) is 35.3 Å². The van der Waals surface area contributed by atoms with Crippen molar-refractivity contribution in [3.63, 3.8) is 0 Å². The molecule has 2 rings (SSSR count). The van der Waals surface area contributed by atoms with Gasteiger partial charge >= 0.3 is 0 Å². The van der Waals surface area contributed by atoms with E-state index in [1.165, 1.54) is 6.26 Å². The number of nitrogens with zero attached hydrogens (tertiary/aromatic N) is 2. The normalized spacial score (nSPS) is 16.6. The summed E-state index contributed by atoms with van der Waals surface area (Å²) in [5.41, 5.74) is -0.599. The van der Waals surface area contributed by atoms with E-state index in [1.54, 1.807) is 7.05 Å². The Hall–Kier alpha value is -1.07. The second-order valence-corrected chi connectivity index (χ2v) is 9.02. The molecule has 0 saturated carbocycles. The zero-order chi connectivity index (χ0) is 19.2. The lowest BCUT2D eigenvalue weighted by Gasteiger charge is -2.35. The third-order valence-corrected chi connectivity index (χ3v) is 5.07. The number of aliphatic imine (C=N–C) groups is 1. The SMILES string of the molecule is CN=C(NCC(C)(C)NS(C)(=O)=O)N1CCC(Oc2ccccc2)CC1.I. The van der Waals surface area contributed by atoms with Crippen LogP contribution in [-0.4, -0.2) is 63.9 Å². The number of hydrogen-bond acceptors (Lipinski definition) is 4. The first-order chi connectivity index (χ1) is 12.2. The van der Waals surface area contributed by atoms with Gasteiger partial charge in [0.1, 0.15) is 11.9 Å². The first-order valence-electron chi connectivity index (χ1n) is 8.85. The van der Waals surface area contributed by atoms with Crippen molar-refractivity contribution in [2.24, 2.45) is 4.99 Å². The molecule has 1 saturated heterocycles. The number of nitrogens with one attached hydrogen (secondary N) is 2. The summed E-state index contributed by atoms with van der Waals surface area (Å²) in [4.78, 5) is 6.52. The van der Waals surface area contributed by atoms with E-state index in [0.29, 0.717) is 6.54 Å². The molecular formula is C18H31IN4O3S. The maximum Gasteiger partial charge on any atom is 0.209 e. The molecule has 0 bridgehead atoms. The van der Waals surface area contributed by atoms with E-state index in [1.807, 2.05) is 44.2 Å². The molecular weight excluding hydrogens is 479 g/mol. The van der Waals surface area contributed by atoms with E-state index in [2.05, 4.69) is 19.9 Å². The molecule has 9 heteroatoms. The number of para-hydroxylation sites is 1. The molecule has 0 spiro atoms. The number of rotatable bonds is 6. The number of sulfonamides is 1. The average Bonchev–Trinajstić information content (AvgIpc) is 2.55. The smallest absolute Gasteiger partial charge is 0.209 e. The summed E-state index contributed by atoms with van der Waals surface area (Å²) in [7, 11) is -1.52. The average molecular weight is 510 g/mol. The number of guanidine groups is 1. The van der Waals surface area contributed by atoms with Crippen LogP contribution in [0.5, 0.6) is 5.75 Å². The molecule has 0 aromatic heterocycles. The largest absolute Gasteiger partial charge is 0.490 e. The minimum Gasteiger partial charge on any atom is -0.490 e. The van der Waals surface area contributed by atoms with Crippen LogP contribution in [0.4, 0.5) is 0 Å². The fourth-order valence-electron chi connectivity index (χ4n) is 3.05. The highest BCUT2D eigenvalue weighted by atomic mass is 127. The number of halogens is 1. The molecule has 1 aliphatic rings. The van der Waals surface area contributed by atoms with Crippen LogP contribution < -0.4 is 14.8 Å². The zero-order valence-electron chi connectivity index (χ0n) is 16.4. The number of likely N-dealkylation sites (tertiary alicyclic amines) is 1. The standard InChI is InChI=1S/C18H30N4O3S.HI/c1-18(2,21-26(4,23)24)14-20-17(19-3)22-12-10-16(11-13-22)25-15-8-6-5-7-9-15;/h5-9,16,21H,10-14H2,1-4H3,(H,19,20);1H. The van der Waals surface area contributed by atoms with Crippen molar-refractivity contribution in [3.05, 3.63) is 30.3 Å². The van der Waals surface area contributed by atoms with Gasteiger partial charge in [0.25, 0.3) is 0 Å². The summed E-state index contributed by atoms with van der Waals surface area (Å²) in [6.07, 6.45) is 3.21. The summed E-state index contributed by atoms with van der Waals surface area (Å²) in [6, 6.07) is 9.88. The molecule has 0 aliphatic carbocycles. The Morgan fingerprint density at radius 3 is 2.37 bits per heavy atom. The van der Waals surface area contributed by atoms with Crippen LogP contribution in [-0.2, 0) is 10.0 Å². The molecule has 0 amide bonds. The maximum atomic E-state index is 11.5. The molecule has 1 aromatic rings. The van der Waals surface area contributed by atoms with E-state index in [4.69, 9.17) is 4.74 Å². The Balaban J connectivity index is 0.00000364. The Morgan fingerprint density at radius 1 is 1.26 bits per heavy atom. The Morgan fingerprint density at radius 2 is 1.85 bits per heavy atom. The highest BCUT2D eigenvalue weighted by molar-refractivity contribution is 14.0. The maximum absolute atomic E-state index is 11.5. The van der Waals surface area contributed by atoms with E-state index in [-0.39, 0.29) is 30.1 Å². The summed E-state index contributed by atoms with van der Waals surface area (Å²) >= 11 is 0. The Kier molecular flexibility index (Phi) is 9.29. The van der Waals surface area contributed by atoms with Crippen molar-refractivity contribution in [2.75, 3.05) is 32.9 Å². The van der Waals surface area contributed by atoms with Crippen molar-refractivity contribution in [2.45, 2.75) is 38.3 Å². The molecule has 154 valence electrons. The van der Waals surface area contributed by atoms with Crippen LogP contribution in [0.3, 0.4) is 0 Å². The van der Waals surface area contributed by atoms with Gasteiger partial charge in [-0.15, -0.1) is 24.0 Å². The predicted molar refractivity (Wildman–Crippen MR) is 121 cm³/mol. The van der Waals surface area contributed by atoms with Crippen LogP contribution in [0, 0.1) is 0 Å². The van der Waals surface area contributed by atoms with Crippen LogP contribution >= 0.6 is 24.0 Å². The quantitative estimate of drug-likeness (QED) is 0.348. The lowest BCUT2D eigenvalue weighted by Crippen LogP contribution is -2.55. The second kappa shape index (κ2) is 10.5. The Bertz CT molecular complexity index is 703. The molecule has 1 heterocycles. The van der Waals surface area contributed by atoms with Gasteiger partial charge in [-0.3, -0.25) is 4.99 Å². The van der Waals surface area contributed by atoms with Crippen molar-refractivity contribution in [3.8, 4) is 5.75 Å². The van der Waals surface area contributed by atoms with E-state index < -0.39 is 15.6 Å². The molecule has 0 unspecified atom stereocenters. The first-order valence-corrected chi connectivity index (χ1v) is 10.7. The topological polar surface area (TPSA) is 83.0 Å².